The number of hydrogen-bond donors (Lipinski definition) is 0. The minimum Gasteiger partial charge on any atom is -0.458 e. The fraction of sp³-hybridized carbons (Fsp3) is 0.500. The molecule has 4 heterocycles. The molecule has 7 heteroatoms. The van der Waals surface area contributed by atoms with E-state index < -0.39 is 0 Å². The predicted octanol–water partition coefficient (Wildman–Crippen LogP) is 1.47. The van der Waals surface area contributed by atoms with Gasteiger partial charge < -0.3 is 14.4 Å². The monoisotopic (exact) mass is 313 g/mol. The van der Waals surface area contributed by atoms with E-state index in [2.05, 4.69) is 24.8 Å². The third kappa shape index (κ3) is 3.10. The first-order valence-corrected chi connectivity index (χ1v) is 7.93. The molecule has 2 aliphatic rings. The van der Waals surface area contributed by atoms with Crippen LogP contribution in [-0.2, 0) is 4.74 Å². The first kappa shape index (κ1) is 14.3. The number of ether oxygens (including phenoxy) is 2. The van der Waals surface area contributed by atoms with Gasteiger partial charge in [0.15, 0.2) is 0 Å². The zero-order valence-corrected chi connectivity index (χ0v) is 12.8. The molecule has 0 N–H and O–H groups in total. The van der Waals surface area contributed by atoms with Gasteiger partial charge in [-0.15, -0.1) is 0 Å². The van der Waals surface area contributed by atoms with Gasteiger partial charge >= 0.3 is 6.01 Å². The molecule has 2 aromatic heterocycles. The van der Waals surface area contributed by atoms with Crippen LogP contribution in [0.2, 0.25) is 0 Å². The van der Waals surface area contributed by atoms with Crippen molar-refractivity contribution in [3.63, 3.8) is 0 Å². The zero-order valence-electron chi connectivity index (χ0n) is 12.8. The molecule has 0 aromatic carbocycles. The molecule has 1 spiro atoms. The van der Waals surface area contributed by atoms with Gasteiger partial charge in [-0.2, -0.15) is 0 Å². The van der Waals surface area contributed by atoms with Crippen LogP contribution in [0, 0.1) is 0 Å². The number of piperidine rings is 1. The summed E-state index contributed by atoms with van der Waals surface area (Å²) in [4.78, 5) is 19.1. The van der Waals surface area contributed by atoms with Crippen LogP contribution in [0.3, 0.4) is 0 Å². The van der Waals surface area contributed by atoms with E-state index in [1.54, 1.807) is 30.9 Å². The molecular formula is C16H19N5O2. The third-order valence-corrected chi connectivity index (χ3v) is 4.36. The van der Waals surface area contributed by atoms with E-state index in [1.807, 2.05) is 6.07 Å². The first-order valence-electron chi connectivity index (χ1n) is 7.93. The van der Waals surface area contributed by atoms with Crippen molar-refractivity contribution in [2.24, 2.45) is 0 Å². The predicted molar refractivity (Wildman–Crippen MR) is 83.2 cm³/mol. The second-order valence-corrected chi connectivity index (χ2v) is 6.04. The summed E-state index contributed by atoms with van der Waals surface area (Å²) >= 11 is 0. The summed E-state index contributed by atoms with van der Waals surface area (Å²) in [7, 11) is 0. The molecule has 0 radical (unpaired) electrons. The largest absolute Gasteiger partial charge is 0.458 e. The molecule has 4 rings (SSSR count). The Labute approximate surface area is 134 Å². The third-order valence-electron chi connectivity index (χ3n) is 4.36. The molecule has 2 aromatic rings. The molecule has 0 amide bonds. The number of anilines is 1. The van der Waals surface area contributed by atoms with Gasteiger partial charge in [0.05, 0.1) is 12.2 Å². The maximum absolute atomic E-state index is 6.14. The van der Waals surface area contributed by atoms with Crippen LogP contribution in [-0.4, -0.2) is 51.3 Å². The lowest BCUT2D eigenvalue weighted by Gasteiger charge is -2.39. The van der Waals surface area contributed by atoms with Crippen LogP contribution >= 0.6 is 0 Å². The van der Waals surface area contributed by atoms with E-state index in [9.17, 15) is 0 Å². The second-order valence-electron chi connectivity index (χ2n) is 6.04. The highest BCUT2D eigenvalue weighted by Crippen LogP contribution is 2.36. The Kier molecular flexibility index (Phi) is 3.78. The van der Waals surface area contributed by atoms with Crippen molar-refractivity contribution in [3.8, 4) is 6.01 Å². The molecule has 120 valence electrons. The van der Waals surface area contributed by atoms with Gasteiger partial charge in [-0.25, -0.2) is 19.9 Å². The van der Waals surface area contributed by atoms with Crippen molar-refractivity contribution in [1.82, 2.24) is 19.9 Å². The van der Waals surface area contributed by atoms with E-state index in [0.29, 0.717) is 12.6 Å². The standard InChI is InChI=1S/C16H19N5O2/c1-4-16(12-21(9-1)14-17-5-2-6-18-14)10-13(11-22-16)23-15-19-7-3-8-20-15/h2-3,5-8,13H,1,4,9-12H2/t13-,16-/m0/s1. The quantitative estimate of drug-likeness (QED) is 0.849. The molecule has 0 unspecified atom stereocenters. The lowest BCUT2D eigenvalue weighted by Crippen LogP contribution is -2.48. The molecule has 7 nitrogen and oxygen atoms in total. The zero-order chi connectivity index (χ0) is 15.5. The summed E-state index contributed by atoms with van der Waals surface area (Å²) in [6.07, 6.45) is 9.85. The van der Waals surface area contributed by atoms with E-state index >= 15 is 0 Å². The highest BCUT2D eigenvalue weighted by Gasteiger charge is 2.45. The maximum atomic E-state index is 6.14. The summed E-state index contributed by atoms with van der Waals surface area (Å²) in [6, 6.07) is 4.02. The average molecular weight is 313 g/mol. The van der Waals surface area contributed by atoms with E-state index in [-0.39, 0.29) is 11.7 Å². The first-order chi connectivity index (χ1) is 11.3. The Balaban J connectivity index is 1.43. The maximum Gasteiger partial charge on any atom is 0.316 e. The van der Waals surface area contributed by atoms with Crippen LogP contribution in [0.15, 0.2) is 36.9 Å². The minimum atomic E-state index is -0.184. The molecular weight excluding hydrogens is 294 g/mol. The second kappa shape index (κ2) is 6.08. The Hall–Kier alpha value is -2.28. The van der Waals surface area contributed by atoms with Crippen LogP contribution in [0.25, 0.3) is 0 Å². The van der Waals surface area contributed by atoms with E-state index in [1.165, 1.54) is 0 Å². The van der Waals surface area contributed by atoms with Crippen molar-refractivity contribution >= 4 is 5.95 Å². The van der Waals surface area contributed by atoms with Gasteiger partial charge in [0.25, 0.3) is 0 Å². The fourth-order valence-corrected chi connectivity index (χ4v) is 3.38. The average Bonchev–Trinajstić information content (AvgIpc) is 2.98. The highest BCUT2D eigenvalue weighted by molar-refractivity contribution is 5.31. The van der Waals surface area contributed by atoms with Crippen LogP contribution in [0.5, 0.6) is 6.01 Å². The molecule has 2 aliphatic heterocycles. The molecule has 23 heavy (non-hydrogen) atoms. The van der Waals surface area contributed by atoms with Gasteiger partial charge in [0.2, 0.25) is 5.95 Å². The summed E-state index contributed by atoms with van der Waals surface area (Å²) in [5.41, 5.74) is -0.184. The summed E-state index contributed by atoms with van der Waals surface area (Å²) in [5.74, 6) is 0.769. The lowest BCUT2D eigenvalue weighted by molar-refractivity contribution is -0.00858. The number of aromatic nitrogens is 4. The highest BCUT2D eigenvalue weighted by atomic mass is 16.6. The smallest absolute Gasteiger partial charge is 0.316 e. The summed E-state index contributed by atoms with van der Waals surface area (Å²) < 4.78 is 12.0. The SMILES string of the molecule is c1cnc(O[C@@H]2CO[C@@]3(CCCN(c4ncccn4)C3)C2)nc1. The topological polar surface area (TPSA) is 73.3 Å². The molecule has 2 atom stereocenters. The Bertz CT molecular complexity index is 641. The van der Waals surface area contributed by atoms with Crippen LogP contribution < -0.4 is 9.64 Å². The van der Waals surface area contributed by atoms with Gasteiger partial charge in [-0.05, 0) is 25.0 Å². The molecule has 2 fully saturated rings. The van der Waals surface area contributed by atoms with Crippen molar-refractivity contribution in [3.05, 3.63) is 36.9 Å². The fourth-order valence-electron chi connectivity index (χ4n) is 3.38. The van der Waals surface area contributed by atoms with Crippen molar-refractivity contribution in [2.75, 3.05) is 24.6 Å². The number of rotatable bonds is 3. The molecule has 0 bridgehead atoms. The summed E-state index contributed by atoms with van der Waals surface area (Å²) in [6.45, 7) is 2.33. The van der Waals surface area contributed by atoms with Gasteiger partial charge in [0, 0.05) is 44.3 Å². The Morgan fingerprint density at radius 3 is 2.61 bits per heavy atom. The van der Waals surface area contributed by atoms with Crippen molar-refractivity contribution in [2.45, 2.75) is 31.0 Å². The minimum absolute atomic E-state index is 0.00552. The number of nitrogens with zero attached hydrogens (tertiary/aromatic N) is 5. The van der Waals surface area contributed by atoms with Gasteiger partial charge in [-0.3, -0.25) is 0 Å². The van der Waals surface area contributed by atoms with Crippen molar-refractivity contribution < 1.29 is 9.47 Å². The van der Waals surface area contributed by atoms with Crippen LogP contribution in [0.1, 0.15) is 19.3 Å². The molecule has 0 aliphatic carbocycles. The van der Waals surface area contributed by atoms with Crippen LogP contribution in [0.4, 0.5) is 5.95 Å². The van der Waals surface area contributed by atoms with Gasteiger partial charge in [0.1, 0.15) is 6.10 Å². The Morgan fingerprint density at radius 2 is 1.83 bits per heavy atom. The normalized spacial score (nSPS) is 27.3. The lowest BCUT2D eigenvalue weighted by atomic mass is 9.89. The molecule has 0 saturated carbocycles. The van der Waals surface area contributed by atoms with Gasteiger partial charge in [-0.1, -0.05) is 0 Å². The Morgan fingerprint density at radius 1 is 1.09 bits per heavy atom. The molecule has 2 saturated heterocycles. The number of hydrogen-bond acceptors (Lipinski definition) is 7. The van der Waals surface area contributed by atoms with E-state index in [4.69, 9.17) is 9.47 Å². The summed E-state index contributed by atoms with van der Waals surface area (Å²) in [5, 5.41) is 0. The van der Waals surface area contributed by atoms with Crippen molar-refractivity contribution in [1.29, 1.82) is 0 Å². The van der Waals surface area contributed by atoms with E-state index in [0.717, 1.165) is 38.3 Å².